The summed E-state index contributed by atoms with van der Waals surface area (Å²) in [6.07, 6.45) is 2.88. The van der Waals surface area contributed by atoms with Gasteiger partial charge in [-0.1, -0.05) is 38.0 Å². The molecule has 2 heterocycles. The third kappa shape index (κ3) is 2.29. The van der Waals surface area contributed by atoms with Gasteiger partial charge in [0.1, 0.15) is 11.9 Å². The summed E-state index contributed by atoms with van der Waals surface area (Å²) >= 11 is 0. The van der Waals surface area contributed by atoms with Crippen molar-refractivity contribution >= 4 is 5.90 Å². The van der Waals surface area contributed by atoms with Crippen LogP contribution in [0.25, 0.3) is 0 Å². The summed E-state index contributed by atoms with van der Waals surface area (Å²) in [7, 11) is 1.51. The normalized spacial score (nSPS) is 35.8. The maximum atomic E-state index is 10.4. The zero-order valence-corrected chi connectivity index (χ0v) is 17.1. The van der Waals surface area contributed by atoms with E-state index in [1.54, 1.807) is 24.3 Å². The molecule has 30 heavy (non-hydrogen) atoms. The van der Waals surface area contributed by atoms with Gasteiger partial charge in [-0.05, 0) is 24.8 Å². The van der Waals surface area contributed by atoms with Crippen molar-refractivity contribution in [2.75, 3.05) is 7.11 Å². The highest BCUT2D eigenvalue weighted by Crippen LogP contribution is 2.70. The van der Waals surface area contributed by atoms with Gasteiger partial charge in [0, 0.05) is 12.0 Å². The lowest BCUT2D eigenvalue weighted by atomic mass is 9.50. The van der Waals surface area contributed by atoms with Gasteiger partial charge in [0.2, 0.25) is 17.1 Å². The number of ether oxygens (including phenoxy) is 3. The van der Waals surface area contributed by atoms with Crippen molar-refractivity contribution < 1.29 is 14.2 Å². The van der Waals surface area contributed by atoms with E-state index in [0.717, 1.165) is 19.3 Å². The van der Waals surface area contributed by atoms with Crippen molar-refractivity contribution in [3.05, 3.63) is 29.8 Å². The molecule has 1 aliphatic carbocycles. The van der Waals surface area contributed by atoms with Crippen LogP contribution in [0.2, 0.25) is 0 Å². The largest absolute Gasteiger partial charge is 0.496 e. The number of benzene rings is 1. The molecule has 1 N–H and O–H groups in total. The van der Waals surface area contributed by atoms with Gasteiger partial charge in [-0.25, -0.2) is 0 Å². The molecule has 0 aromatic heterocycles. The molecule has 5 atom stereocenters. The summed E-state index contributed by atoms with van der Waals surface area (Å²) in [6, 6.07) is 13.5. The third-order valence-electron chi connectivity index (χ3n) is 7.14. The monoisotopic (exact) mass is 404 g/mol. The lowest BCUT2D eigenvalue weighted by Gasteiger charge is -2.52. The Labute approximate surface area is 176 Å². The molecule has 2 bridgehead atoms. The number of hydrogen-bond donors (Lipinski definition) is 1. The quantitative estimate of drug-likeness (QED) is 0.801. The summed E-state index contributed by atoms with van der Waals surface area (Å²) < 4.78 is 17.9. The second-order valence-electron chi connectivity index (χ2n) is 8.42. The van der Waals surface area contributed by atoms with E-state index in [0.29, 0.717) is 30.1 Å². The molecule has 7 heteroatoms. The number of para-hydroxylation sites is 1. The van der Waals surface area contributed by atoms with Gasteiger partial charge in [0.15, 0.2) is 5.41 Å². The summed E-state index contributed by atoms with van der Waals surface area (Å²) in [4.78, 5) is 0. The molecule has 0 spiro atoms. The molecule has 5 unspecified atom stereocenters. The Hall–Kier alpha value is -3.08. The lowest BCUT2D eigenvalue weighted by Crippen LogP contribution is -2.61. The first kappa shape index (κ1) is 20.2. The van der Waals surface area contributed by atoms with Gasteiger partial charge in [0.25, 0.3) is 0 Å². The number of methoxy groups -OCH3 is 1. The molecular weight excluding hydrogens is 380 g/mol. The van der Waals surface area contributed by atoms with Crippen LogP contribution in [-0.2, 0) is 9.47 Å². The van der Waals surface area contributed by atoms with E-state index in [9.17, 15) is 15.8 Å². The Kier molecular flexibility index (Phi) is 4.72. The van der Waals surface area contributed by atoms with Gasteiger partial charge < -0.3 is 14.2 Å². The minimum atomic E-state index is -1.94. The van der Waals surface area contributed by atoms with Gasteiger partial charge in [-0.3, -0.25) is 5.41 Å². The molecule has 0 radical (unpaired) electrons. The minimum absolute atomic E-state index is 0.326. The molecule has 2 saturated heterocycles. The Bertz CT molecular complexity index is 989. The molecule has 1 aromatic rings. The topological polar surface area (TPSA) is 123 Å². The number of hydrogen-bond acceptors (Lipinski definition) is 7. The number of nitrogens with zero attached hydrogens (tertiary/aromatic N) is 3. The molecule has 0 amide bonds. The number of nitriles is 3. The van der Waals surface area contributed by atoms with Crippen LogP contribution in [0, 0.1) is 62.1 Å². The SMILES string of the molecule is CCCC1CCC23OC(=N)C(C#N)(C2C1)C(C#N)(C#N)C(c1ccccc1OC)O3. The van der Waals surface area contributed by atoms with Gasteiger partial charge >= 0.3 is 0 Å². The van der Waals surface area contributed by atoms with E-state index < -0.39 is 28.6 Å². The molecule has 3 fully saturated rings. The lowest BCUT2D eigenvalue weighted by molar-refractivity contribution is -0.299. The molecule has 3 aliphatic rings. The molecule has 4 rings (SSSR count). The average molecular weight is 404 g/mol. The Morgan fingerprint density at radius 3 is 2.57 bits per heavy atom. The summed E-state index contributed by atoms with van der Waals surface area (Å²) in [6.45, 7) is 2.11. The van der Waals surface area contributed by atoms with Crippen molar-refractivity contribution in [1.82, 2.24) is 0 Å². The maximum Gasteiger partial charge on any atom is 0.217 e. The minimum Gasteiger partial charge on any atom is -0.496 e. The predicted molar refractivity (Wildman–Crippen MR) is 106 cm³/mol. The zero-order chi connectivity index (χ0) is 21.6. The second kappa shape index (κ2) is 7.01. The van der Waals surface area contributed by atoms with Crippen LogP contribution in [0.5, 0.6) is 5.75 Å². The van der Waals surface area contributed by atoms with Crippen LogP contribution in [0.4, 0.5) is 0 Å². The molecule has 1 aromatic carbocycles. The smallest absolute Gasteiger partial charge is 0.217 e. The van der Waals surface area contributed by atoms with Gasteiger partial charge in [-0.2, -0.15) is 15.8 Å². The van der Waals surface area contributed by atoms with Crippen LogP contribution in [-0.4, -0.2) is 18.8 Å². The fourth-order valence-electron chi connectivity index (χ4n) is 5.75. The van der Waals surface area contributed by atoms with Crippen molar-refractivity contribution in [2.24, 2.45) is 22.7 Å². The van der Waals surface area contributed by atoms with Crippen LogP contribution >= 0.6 is 0 Å². The molecular formula is C23H24N4O3. The third-order valence-corrected chi connectivity index (χ3v) is 7.14. The Morgan fingerprint density at radius 2 is 1.93 bits per heavy atom. The van der Waals surface area contributed by atoms with E-state index in [1.165, 1.54) is 7.11 Å². The summed E-state index contributed by atoms with van der Waals surface area (Å²) in [5.41, 5.74) is -3.13. The Balaban J connectivity index is 1.95. The fourth-order valence-corrected chi connectivity index (χ4v) is 5.75. The van der Waals surface area contributed by atoms with E-state index in [-0.39, 0.29) is 5.90 Å². The van der Waals surface area contributed by atoms with Crippen molar-refractivity contribution in [3.8, 4) is 24.0 Å². The van der Waals surface area contributed by atoms with E-state index in [4.69, 9.17) is 19.6 Å². The highest BCUT2D eigenvalue weighted by Gasteiger charge is 2.81. The molecule has 154 valence electrons. The average Bonchev–Trinajstić information content (AvgIpc) is 2.97. The zero-order valence-electron chi connectivity index (χ0n) is 17.1. The van der Waals surface area contributed by atoms with Crippen LogP contribution in [0.15, 0.2) is 24.3 Å². The van der Waals surface area contributed by atoms with Crippen molar-refractivity contribution in [2.45, 2.75) is 50.9 Å². The number of nitrogens with one attached hydrogen (secondary N) is 1. The summed E-state index contributed by atoms with van der Waals surface area (Å²) in [5, 5.41) is 39.7. The molecule has 7 nitrogen and oxygen atoms in total. The first-order chi connectivity index (χ1) is 14.5. The van der Waals surface area contributed by atoms with Crippen LogP contribution in [0.3, 0.4) is 0 Å². The highest BCUT2D eigenvalue weighted by atomic mass is 16.7. The van der Waals surface area contributed by atoms with Crippen molar-refractivity contribution in [3.63, 3.8) is 0 Å². The fraction of sp³-hybridized carbons (Fsp3) is 0.565. The Morgan fingerprint density at radius 1 is 1.20 bits per heavy atom. The molecule has 2 aliphatic heterocycles. The van der Waals surface area contributed by atoms with E-state index in [1.807, 2.05) is 0 Å². The van der Waals surface area contributed by atoms with Gasteiger partial charge in [-0.15, -0.1) is 0 Å². The highest BCUT2D eigenvalue weighted by molar-refractivity contribution is 5.89. The standard InChI is InChI=1S/C23H24N4O3/c1-3-6-15-9-10-23-18(11-15)22(14-26,20(27)30-23)21(12-24,13-25)19(29-23)16-7-4-5-8-17(16)28-2/h4-5,7-8,15,18-19,27H,3,6,9-11H2,1-2H3. The van der Waals surface area contributed by atoms with E-state index in [2.05, 4.69) is 25.1 Å². The van der Waals surface area contributed by atoms with Crippen LogP contribution in [0.1, 0.15) is 50.7 Å². The predicted octanol–water partition coefficient (Wildman–Crippen LogP) is 4.23. The first-order valence-corrected chi connectivity index (χ1v) is 10.3. The van der Waals surface area contributed by atoms with Crippen molar-refractivity contribution in [1.29, 1.82) is 21.2 Å². The summed E-state index contributed by atoms with van der Waals surface area (Å²) in [5.74, 6) is -1.24. The number of rotatable bonds is 4. The van der Waals surface area contributed by atoms with E-state index >= 15 is 0 Å². The first-order valence-electron chi connectivity index (χ1n) is 10.3. The molecule has 1 saturated carbocycles. The van der Waals surface area contributed by atoms with Crippen LogP contribution < -0.4 is 4.74 Å². The maximum absolute atomic E-state index is 10.4. The second-order valence-corrected chi connectivity index (χ2v) is 8.42. The van der Waals surface area contributed by atoms with Gasteiger partial charge in [0.05, 0.1) is 31.2 Å².